The third-order valence-electron chi connectivity index (χ3n) is 2.89. The van der Waals surface area contributed by atoms with Crippen LogP contribution in [0.4, 0.5) is 5.69 Å². The van der Waals surface area contributed by atoms with Gasteiger partial charge in [-0.3, -0.25) is 0 Å². The van der Waals surface area contributed by atoms with Crippen LogP contribution in [0, 0.1) is 5.92 Å². The average molecular weight is 245 g/mol. The first-order valence-electron chi connectivity index (χ1n) is 6.21. The summed E-state index contributed by atoms with van der Waals surface area (Å²) in [5, 5.41) is 12.0. The third kappa shape index (κ3) is 2.67. The molecule has 18 heavy (non-hydrogen) atoms. The predicted octanol–water partition coefficient (Wildman–Crippen LogP) is 2.53. The number of hydrogen-bond donors (Lipinski definition) is 1. The highest BCUT2D eigenvalue weighted by atomic mass is 15.5. The first-order chi connectivity index (χ1) is 8.58. The van der Waals surface area contributed by atoms with Gasteiger partial charge in [0, 0.05) is 11.3 Å². The lowest BCUT2D eigenvalue weighted by Crippen LogP contribution is -2.11. The fraction of sp³-hybridized carbons (Fsp3) is 0.462. The van der Waals surface area contributed by atoms with Gasteiger partial charge in [-0.05, 0) is 54.0 Å². The van der Waals surface area contributed by atoms with E-state index in [9.17, 15) is 0 Å². The first-order valence-corrected chi connectivity index (χ1v) is 6.21. The van der Waals surface area contributed by atoms with E-state index >= 15 is 0 Å². The van der Waals surface area contributed by atoms with Gasteiger partial charge in [0.05, 0.1) is 6.04 Å². The van der Waals surface area contributed by atoms with Crippen LogP contribution < -0.4 is 5.73 Å². The van der Waals surface area contributed by atoms with Crippen molar-refractivity contribution in [1.82, 2.24) is 20.2 Å². The van der Waals surface area contributed by atoms with Crippen LogP contribution in [-0.4, -0.2) is 20.2 Å². The Morgan fingerprint density at radius 1 is 1.17 bits per heavy atom. The topological polar surface area (TPSA) is 69.6 Å². The highest BCUT2D eigenvalue weighted by molar-refractivity contribution is 5.58. The van der Waals surface area contributed by atoms with E-state index in [1.165, 1.54) is 0 Å². The van der Waals surface area contributed by atoms with E-state index in [4.69, 9.17) is 5.73 Å². The molecule has 0 fully saturated rings. The van der Waals surface area contributed by atoms with Crippen LogP contribution in [0.25, 0.3) is 11.4 Å². The molecule has 1 atom stereocenters. The number of nitrogens with two attached hydrogens (primary N) is 1. The van der Waals surface area contributed by atoms with Gasteiger partial charge >= 0.3 is 0 Å². The van der Waals surface area contributed by atoms with Gasteiger partial charge in [0.1, 0.15) is 0 Å². The van der Waals surface area contributed by atoms with E-state index in [0.717, 1.165) is 23.5 Å². The van der Waals surface area contributed by atoms with E-state index in [-0.39, 0.29) is 6.04 Å². The van der Waals surface area contributed by atoms with Gasteiger partial charge in [0.2, 0.25) is 0 Å². The van der Waals surface area contributed by atoms with Crippen molar-refractivity contribution in [2.45, 2.75) is 33.2 Å². The molecule has 5 heteroatoms. The number of tetrazole rings is 1. The highest BCUT2D eigenvalue weighted by Crippen LogP contribution is 2.23. The van der Waals surface area contributed by atoms with Gasteiger partial charge in [0.25, 0.3) is 0 Å². The van der Waals surface area contributed by atoms with Crippen molar-refractivity contribution in [2.24, 2.45) is 5.92 Å². The molecule has 0 aliphatic rings. The summed E-state index contributed by atoms with van der Waals surface area (Å²) in [7, 11) is 0. The van der Waals surface area contributed by atoms with Crippen LogP contribution >= 0.6 is 0 Å². The zero-order valence-corrected chi connectivity index (χ0v) is 11.0. The third-order valence-corrected chi connectivity index (χ3v) is 2.89. The molecule has 1 aromatic carbocycles. The summed E-state index contributed by atoms with van der Waals surface area (Å²) in [5.74, 6) is 1.41. The van der Waals surface area contributed by atoms with E-state index < -0.39 is 0 Å². The van der Waals surface area contributed by atoms with Crippen molar-refractivity contribution in [2.75, 3.05) is 5.73 Å². The van der Waals surface area contributed by atoms with E-state index in [1.54, 1.807) is 0 Å². The van der Waals surface area contributed by atoms with Gasteiger partial charge < -0.3 is 5.73 Å². The molecule has 0 radical (unpaired) electrons. The van der Waals surface area contributed by atoms with Gasteiger partial charge in [-0.2, -0.15) is 0 Å². The Morgan fingerprint density at radius 3 is 2.44 bits per heavy atom. The quantitative estimate of drug-likeness (QED) is 0.840. The fourth-order valence-electron chi connectivity index (χ4n) is 2.09. The van der Waals surface area contributed by atoms with Crippen molar-refractivity contribution in [3.05, 3.63) is 24.3 Å². The van der Waals surface area contributed by atoms with Gasteiger partial charge in [0.15, 0.2) is 5.82 Å². The summed E-state index contributed by atoms with van der Waals surface area (Å²) in [6.07, 6.45) is 1.05. The van der Waals surface area contributed by atoms with Gasteiger partial charge in [-0.15, -0.1) is 5.10 Å². The molecule has 1 heterocycles. The van der Waals surface area contributed by atoms with Crippen molar-refractivity contribution >= 4 is 5.69 Å². The molecule has 0 aliphatic heterocycles. The minimum absolute atomic E-state index is 0.285. The van der Waals surface area contributed by atoms with E-state index in [1.807, 2.05) is 28.9 Å². The molecule has 2 rings (SSSR count). The van der Waals surface area contributed by atoms with Crippen LogP contribution in [0.2, 0.25) is 0 Å². The molecule has 0 saturated heterocycles. The fourth-order valence-corrected chi connectivity index (χ4v) is 2.09. The molecule has 2 N–H and O–H groups in total. The average Bonchev–Trinajstić information content (AvgIpc) is 2.78. The Labute approximate surface area is 107 Å². The number of nitrogen functional groups attached to an aromatic ring is 1. The van der Waals surface area contributed by atoms with Gasteiger partial charge in [-0.1, -0.05) is 13.8 Å². The Bertz CT molecular complexity index is 500. The van der Waals surface area contributed by atoms with E-state index in [2.05, 4.69) is 36.3 Å². The van der Waals surface area contributed by atoms with Crippen molar-refractivity contribution in [3.63, 3.8) is 0 Å². The van der Waals surface area contributed by atoms with Crippen molar-refractivity contribution in [1.29, 1.82) is 0 Å². The van der Waals surface area contributed by atoms with Crippen molar-refractivity contribution in [3.8, 4) is 11.4 Å². The van der Waals surface area contributed by atoms with Crippen LogP contribution in [0.15, 0.2) is 24.3 Å². The number of benzene rings is 1. The zero-order valence-electron chi connectivity index (χ0n) is 11.0. The monoisotopic (exact) mass is 245 g/mol. The second kappa shape index (κ2) is 5.16. The SMILES string of the molecule is CC(C)CC(C)n1nnnc1-c1ccc(N)cc1. The largest absolute Gasteiger partial charge is 0.399 e. The Kier molecular flexibility index (Phi) is 3.60. The summed E-state index contributed by atoms with van der Waals surface area (Å²) in [4.78, 5) is 0. The smallest absolute Gasteiger partial charge is 0.182 e. The van der Waals surface area contributed by atoms with Crippen LogP contribution in [0.5, 0.6) is 0 Å². The highest BCUT2D eigenvalue weighted by Gasteiger charge is 2.15. The van der Waals surface area contributed by atoms with Crippen LogP contribution in [-0.2, 0) is 0 Å². The maximum Gasteiger partial charge on any atom is 0.182 e. The molecular weight excluding hydrogens is 226 g/mol. The number of aromatic nitrogens is 4. The summed E-state index contributed by atoms with van der Waals surface area (Å²) >= 11 is 0. The lowest BCUT2D eigenvalue weighted by atomic mass is 10.1. The number of nitrogens with zero attached hydrogens (tertiary/aromatic N) is 4. The second-order valence-corrected chi connectivity index (χ2v) is 5.05. The summed E-state index contributed by atoms with van der Waals surface area (Å²) < 4.78 is 1.88. The Balaban J connectivity index is 2.29. The molecule has 0 bridgehead atoms. The molecule has 0 aliphatic carbocycles. The van der Waals surface area contributed by atoms with Crippen LogP contribution in [0.3, 0.4) is 0 Å². The summed E-state index contributed by atoms with van der Waals surface area (Å²) in [5.41, 5.74) is 7.42. The Hall–Kier alpha value is -1.91. The number of hydrogen-bond acceptors (Lipinski definition) is 4. The summed E-state index contributed by atoms with van der Waals surface area (Å²) in [6.45, 7) is 6.53. The number of rotatable bonds is 4. The molecule has 0 saturated carbocycles. The molecule has 1 unspecified atom stereocenters. The molecule has 5 nitrogen and oxygen atoms in total. The first kappa shape index (κ1) is 12.5. The molecule has 1 aromatic heterocycles. The predicted molar refractivity (Wildman–Crippen MR) is 71.8 cm³/mol. The maximum absolute atomic E-state index is 5.69. The molecule has 0 amide bonds. The zero-order chi connectivity index (χ0) is 13.1. The molecule has 2 aromatic rings. The molecular formula is C13H19N5. The minimum atomic E-state index is 0.285. The Morgan fingerprint density at radius 2 is 1.83 bits per heavy atom. The number of anilines is 1. The standard InChI is InChI=1S/C13H19N5/c1-9(2)8-10(3)18-13(15-16-17-18)11-4-6-12(14)7-5-11/h4-7,9-10H,8,14H2,1-3H3. The van der Waals surface area contributed by atoms with Crippen LogP contribution in [0.1, 0.15) is 33.2 Å². The molecule has 96 valence electrons. The second-order valence-electron chi connectivity index (χ2n) is 5.05. The normalized spacial score (nSPS) is 12.9. The summed E-state index contributed by atoms with van der Waals surface area (Å²) in [6, 6.07) is 7.90. The van der Waals surface area contributed by atoms with Crippen molar-refractivity contribution < 1.29 is 0 Å². The minimum Gasteiger partial charge on any atom is -0.399 e. The maximum atomic E-state index is 5.69. The van der Waals surface area contributed by atoms with Gasteiger partial charge in [-0.25, -0.2) is 4.68 Å². The lowest BCUT2D eigenvalue weighted by Gasteiger charge is -2.15. The van der Waals surface area contributed by atoms with E-state index in [0.29, 0.717) is 5.92 Å². The molecule has 0 spiro atoms. The lowest BCUT2D eigenvalue weighted by molar-refractivity contribution is 0.394.